The van der Waals surface area contributed by atoms with E-state index in [0.29, 0.717) is 28.4 Å². The molecule has 164 valence electrons. The molecule has 5 rings (SSSR count). The smallest absolute Gasteiger partial charge is 0.325 e. The molecule has 0 aliphatic carbocycles. The highest BCUT2D eigenvalue weighted by atomic mass is 35.5. The van der Waals surface area contributed by atoms with Crippen LogP contribution in [-0.4, -0.2) is 27.0 Å². The summed E-state index contributed by atoms with van der Waals surface area (Å²) in [5, 5.41) is 7.37. The van der Waals surface area contributed by atoms with Crippen molar-refractivity contribution in [1.29, 1.82) is 0 Å². The van der Waals surface area contributed by atoms with Crippen LogP contribution in [0.15, 0.2) is 89.5 Å². The number of nitrogens with zero attached hydrogens (tertiary/aromatic N) is 3. The number of urea groups is 1. The van der Waals surface area contributed by atoms with E-state index in [1.165, 1.54) is 0 Å². The zero-order chi connectivity index (χ0) is 22.8. The van der Waals surface area contributed by atoms with Crippen LogP contribution in [0.4, 0.5) is 4.79 Å². The van der Waals surface area contributed by atoms with Gasteiger partial charge in [0, 0.05) is 12.0 Å². The summed E-state index contributed by atoms with van der Waals surface area (Å²) in [6, 6.07) is 25.4. The summed E-state index contributed by atoms with van der Waals surface area (Å²) in [5.74, 6) is 0.0540. The summed E-state index contributed by atoms with van der Waals surface area (Å²) in [4.78, 5) is 32.1. The Morgan fingerprint density at radius 1 is 0.909 bits per heavy atom. The SMILES string of the molecule is O=C1N[C@](Cc2ccccc2)(c2ccccc2)C(=O)N1Cc1nc(-c2ccccc2Cl)no1. The van der Waals surface area contributed by atoms with E-state index in [9.17, 15) is 9.59 Å². The molecule has 0 spiro atoms. The van der Waals surface area contributed by atoms with Gasteiger partial charge in [-0.2, -0.15) is 4.98 Å². The van der Waals surface area contributed by atoms with Crippen molar-refractivity contribution in [3.05, 3.63) is 107 Å². The van der Waals surface area contributed by atoms with Crippen molar-refractivity contribution in [2.24, 2.45) is 0 Å². The monoisotopic (exact) mass is 458 g/mol. The Bertz CT molecular complexity index is 1310. The Morgan fingerprint density at radius 3 is 2.30 bits per heavy atom. The third-order valence-electron chi connectivity index (χ3n) is 5.63. The number of hydrogen-bond donors (Lipinski definition) is 1. The largest absolute Gasteiger partial charge is 0.337 e. The first-order valence-electron chi connectivity index (χ1n) is 10.4. The first kappa shape index (κ1) is 20.9. The van der Waals surface area contributed by atoms with Gasteiger partial charge in [0.05, 0.1) is 5.02 Å². The highest BCUT2D eigenvalue weighted by Gasteiger charge is 2.52. The standard InChI is InChI=1S/C25H19ClN4O3/c26-20-14-8-7-13-19(20)22-27-21(33-29-22)16-30-23(31)25(28-24(30)32,18-11-5-2-6-12-18)15-17-9-3-1-4-10-17/h1-14H,15-16H2,(H,28,32)/t25-/m1/s1. The van der Waals surface area contributed by atoms with Gasteiger partial charge in [-0.3, -0.25) is 9.69 Å². The van der Waals surface area contributed by atoms with Crippen molar-refractivity contribution in [1.82, 2.24) is 20.4 Å². The number of carbonyl (C=O) groups is 2. The highest BCUT2D eigenvalue weighted by molar-refractivity contribution is 6.33. The van der Waals surface area contributed by atoms with Gasteiger partial charge in [-0.25, -0.2) is 4.79 Å². The van der Waals surface area contributed by atoms with Gasteiger partial charge in [0.2, 0.25) is 11.7 Å². The molecule has 8 heteroatoms. The molecule has 1 atom stereocenters. The summed E-state index contributed by atoms with van der Waals surface area (Å²) in [6.45, 7) is -0.147. The number of hydrogen-bond acceptors (Lipinski definition) is 5. The summed E-state index contributed by atoms with van der Waals surface area (Å²) >= 11 is 6.22. The first-order chi connectivity index (χ1) is 16.1. The molecular formula is C25H19ClN4O3. The van der Waals surface area contributed by atoms with Crippen LogP contribution < -0.4 is 5.32 Å². The Balaban J connectivity index is 1.46. The molecule has 0 saturated carbocycles. The second-order valence-corrected chi connectivity index (χ2v) is 8.15. The fraction of sp³-hybridized carbons (Fsp3) is 0.120. The van der Waals surface area contributed by atoms with Crippen LogP contribution in [0, 0.1) is 0 Å². The minimum atomic E-state index is -1.23. The first-order valence-corrected chi connectivity index (χ1v) is 10.8. The summed E-state index contributed by atoms with van der Waals surface area (Å²) in [5.41, 5.74) is 1.01. The van der Waals surface area contributed by atoms with Crippen molar-refractivity contribution in [3.63, 3.8) is 0 Å². The number of benzene rings is 3. The number of halogens is 1. The van der Waals surface area contributed by atoms with E-state index in [0.717, 1.165) is 10.5 Å². The Kier molecular flexibility index (Phi) is 5.40. The molecule has 0 radical (unpaired) electrons. The average Bonchev–Trinajstić information content (AvgIpc) is 3.40. The third kappa shape index (κ3) is 3.87. The molecule has 1 aliphatic heterocycles. The molecule has 1 aromatic heterocycles. The lowest BCUT2D eigenvalue weighted by molar-refractivity contribution is -0.132. The van der Waals surface area contributed by atoms with Crippen molar-refractivity contribution >= 4 is 23.5 Å². The number of rotatable bonds is 6. The lowest BCUT2D eigenvalue weighted by Crippen LogP contribution is -2.46. The van der Waals surface area contributed by atoms with E-state index in [1.54, 1.807) is 18.2 Å². The number of imide groups is 1. The number of nitrogens with one attached hydrogen (secondary N) is 1. The van der Waals surface area contributed by atoms with E-state index in [4.69, 9.17) is 16.1 Å². The maximum Gasteiger partial charge on any atom is 0.325 e. The Morgan fingerprint density at radius 2 is 1.58 bits per heavy atom. The lowest BCUT2D eigenvalue weighted by atomic mass is 9.83. The van der Waals surface area contributed by atoms with Crippen LogP contribution in [0.2, 0.25) is 5.02 Å². The zero-order valence-corrected chi connectivity index (χ0v) is 18.2. The number of amides is 3. The number of carbonyl (C=O) groups excluding carboxylic acids is 2. The normalized spacial score (nSPS) is 17.9. The maximum absolute atomic E-state index is 13.7. The second-order valence-electron chi connectivity index (χ2n) is 7.75. The molecule has 1 fully saturated rings. The zero-order valence-electron chi connectivity index (χ0n) is 17.4. The molecule has 1 aliphatic rings. The van der Waals surface area contributed by atoms with Gasteiger partial charge in [-0.05, 0) is 23.3 Å². The van der Waals surface area contributed by atoms with Gasteiger partial charge >= 0.3 is 6.03 Å². The molecule has 33 heavy (non-hydrogen) atoms. The second kappa shape index (κ2) is 8.52. The molecule has 1 N–H and O–H groups in total. The molecule has 3 amide bonds. The summed E-state index contributed by atoms with van der Waals surface area (Å²) in [6.07, 6.45) is 0.313. The van der Waals surface area contributed by atoms with Gasteiger partial charge in [0.15, 0.2) is 5.54 Å². The van der Waals surface area contributed by atoms with Crippen LogP contribution in [0.25, 0.3) is 11.4 Å². The molecule has 4 aromatic rings. The van der Waals surface area contributed by atoms with Gasteiger partial charge in [0.1, 0.15) is 6.54 Å². The minimum Gasteiger partial charge on any atom is -0.337 e. The fourth-order valence-corrected chi connectivity index (χ4v) is 4.24. The summed E-state index contributed by atoms with van der Waals surface area (Å²) in [7, 11) is 0. The van der Waals surface area contributed by atoms with E-state index in [-0.39, 0.29) is 18.3 Å². The van der Waals surface area contributed by atoms with Crippen LogP contribution in [0.1, 0.15) is 17.0 Å². The van der Waals surface area contributed by atoms with Crippen molar-refractivity contribution in [3.8, 4) is 11.4 Å². The molecule has 7 nitrogen and oxygen atoms in total. The molecular weight excluding hydrogens is 440 g/mol. The van der Waals surface area contributed by atoms with Gasteiger partial charge < -0.3 is 9.84 Å². The number of aromatic nitrogens is 2. The van der Waals surface area contributed by atoms with Crippen LogP contribution in [-0.2, 0) is 23.3 Å². The van der Waals surface area contributed by atoms with E-state index in [1.807, 2.05) is 66.7 Å². The van der Waals surface area contributed by atoms with Gasteiger partial charge in [0.25, 0.3) is 5.91 Å². The highest BCUT2D eigenvalue weighted by Crippen LogP contribution is 2.34. The van der Waals surface area contributed by atoms with Gasteiger partial charge in [-0.15, -0.1) is 0 Å². The van der Waals surface area contributed by atoms with Gasteiger partial charge in [-0.1, -0.05) is 89.6 Å². The molecule has 0 bridgehead atoms. The summed E-state index contributed by atoms with van der Waals surface area (Å²) < 4.78 is 5.33. The quantitative estimate of drug-likeness (QED) is 0.427. The van der Waals surface area contributed by atoms with E-state index in [2.05, 4.69) is 15.5 Å². The molecule has 2 heterocycles. The molecule has 3 aromatic carbocycles. The van der Waals surface area contributed by atoms with E-state index < -0.39 is 11.6 Å². The lowest BCUT2D eigenvalue weighted by Gasteiger charge is -2.27. The Labute approximate surface area is 195 Å². The predicted octanol–water partition coefficient (Wildman–Crippen LogP) is 4.58. The van der Waals surface area contributed by atoms with Crippen molar-refractivity contribution < 1.29 is 14.1 Å². The average molecular weight is 459 g/mol. The van der Waals surface area contributed by atoms with Crippen molar-refractivity contribution in [2.45, 2.75) is 18.5 Å². The predicted molar refractivity (Wildman–Crippen MR) is 122 cm³/mol. The maximum atomic E-state index is 13.7. The molecule has 0 unspecified atom stereocenters. The Hall–Kier alpha value is -3.97. The molecule has 1 saturated heterocycles. The third-order valence-corrected chi connectivity index (χ3v) is 5.96. The van der Waals surface area contributed by atoms with Crippen LogP contribution in [0.3, 0.4) is 0 Å². The van der Waals surface area contributed by atoms with E-state index >= 15 is 0 Å². The minimum absolute atomic E-state index is 0.136. The topological polar surface area (TPSA) is 88.3 Å². The fourth-order valence-electron chi connectivity index (χ4n) is 4.02. The van der Waals surface area contributed by atoms with Crippen molar-refractivity contribution in [2.75, 3.05) is 0 Å². The van der Waals surface area contributed by atoms with Crippen LogP contribution in [0.5, 0.6) is 0 Å². The van der Waals surface area contributed by atoms with Crippen LogP contribution >= 0.6 is 11.6 Å².